The van der Waals surface area contributed by atoms with Gasteiger partial charge in [-0.1, -0.05) is 0 Å². The molecular weight excluding hydrogens is 194 g/mol. The van der Waals surface area contributed by atoms with Gasteiger partial charge in [0.05, 0.1) is 12.5 Å². The fraction of sp³-hybridized carbons (Fsp3) is 0.375. The molecule has 2 heterocycles. The van der Waals surface area contributed by atoms with E-state index in [1.807, 2.05) is 18.0 Å². The second-order valence-corrected chi connectivity index (χ2v) is 3.05. The zero-order valence-electron chi connectivity index (χ0n) is 8.20. The van der Waals surface area contributed by atoms with Gasteiger partial charge >= 0.3 is 0 Å². The zero-order valence-corrected chi connectivity index (χ0v) is 8.20. The van der Waals surface area contributed by atoms with Crippen LogP contribution in [0.2, 0.25) is 0 Å². The number of fused-ring (bicyclic) bond motifs is 1. The lowest BCUT2D eigenvalue weighted by molar-refractivity contribution is 0.721. The summed E-state index contributed by atoms with van der Waals surface area (Å²) in [5.74, 6) is 0.741. The molecule has 0 aliphatic carbocycles. The van der Waals surface area contributed by atoms with Gasteiger partial charge in [0, 0.05) is 13.6 Å². The van der Waals surface area contributed by atoms with E-state index in [0.29, 0.717) is 18.6 Å². The van der Waals surface area contributed by atoms with Gasteiger partial charge in [0.15, 0.2) is 11.5 Å². The molecule has 0 atom stereocenters. The molecule has 0 aliphatic rings. The van der Waals surface area contributed by atoms with Crippen LogP contribution in [0.3, 0.4) is 0 Å². The summed E-state index contributed by atoms with van der Waals surface area (Å²) in [4.78, 5) is 1.88. The summed E-state index contributed by atoms with van der Waals surface area (Å²) in [6, 6.07) is 5.69. The fourth-order valence-corrected chi connectivity index (χ4v) is 1.18. The zero-order chi connectivity index (χ0) is 10.7. The molecule has 0 spiro atoms. The van der Waals surface area contributed by atoms with Gasteiger partial charge in [-0.15, -0.1) is 14.8 Å². The van der Waals surface area contributed by atoms with Gasteiger partial charge in [-0.05, 0) is 22.6 Å². The third kappa shape index (κ3) is 1.83. The molecule has 0 aromatic carbocycles. The van der Waals surface area contributed by atoms with E-state index in [1.165, 1.54) is 4.63 Å². The lowest BCUT2D eigenvalue weighted by atomic mass is 10.4. The van der Waals surface area contributed by atoms with E-state index >= 15 is 0 Å². The van der Waals surface area contributed by atoms with Gasteiger partial charge in [-0.25, -0.2) is 0 Å². The standard InChI is InChI=1S/C8H9N7/c1-14(6-2-5-9)8-4-3-7-10-12-13-15(7)11-8/h3-4H,2,6H2,1H3. The van der Waals surface area contributed by atoms with Gasteiger partial charge < -0.3 is 4.90 Å². The third-order valence-corrected chi connectivity index (χ3v) is 2.01. The third-order valence-electron chi connectivity index (χ3n) is 2.01. The number of rotatable bonds is 3. The Labute approximate surface area is 85.9 Å². The first-order chi connectivity index (χ1) is 7.31. The van der Waals surface area contributed by atoms with Crippen LogP contribution >= 0.6 is 0 Å². The predicted molar refractivity (Wildman–Crippen MR) is 52.1 cm³/mol. The van der Waals surface area contributed by atoms with E-state index in [2.05, 4.69) is 26.7 Å². The molecule has 7 nitrogen and oxygen atoms in total. The molecule has 0 radical (unpaired) electrons. The monoisotopic (exact) mass is 203 g/mol. The summed E-state index contributed by atoms with van der Waals surface area (Å²) >= 11 is 0. The molecule has 0 saturated carbocycles. The molecule has 0 bridgehead atoms. The Morgan fingerprint density at radius 3 is 3.20 bits per heavy atom. The SMILES string of the molecule is CN(CCC#N)c1ccc2nnnn2n1. The number of aromatic nitrogens is 5. The molecule has 2 aromatic rings. The Kier molecular flexibility index (Phi) is 2.41. The van der Waals surface area contributed by atoms with Crippen molar-refractivity contribution in [2.24, 2.45) is 0 Å². The first-order valence-corrected chi connectivity index (χ1v) is 4.45. The lowest BCUT2D eigenvalue weighted by Crippen LogP contribution is -2.20. The minimum absolute atomic E-state index is 0.464. The molecule has 0 N–H and O–H groups in total. The Morgan fingerprint density at radius 2 is 2.40 bits per heavy atom. The lowest BCUT2D eigenvalue weighted by Gasteiger charge is -2.15. The van der Waals surface area contributed by atoms with Crippen LogP contribution in [0.5, 0.6) is 0 Å². The molecule has 15 heavy (non-hydrogen) atoms. The van der Waals surface area contributed by atoms with Crippen LogP contribution in [0.1, 0.15) is 6.42 Å². The molecular formula is C8H9N7. The summed E-state index contributed by atoms with van der Waals surface area (Å²) in [5, 5.41) is 23.6. The van der Waals surface area contributed by atoms with E-state index in [9.17, 15) is 0 Å². The minimum atomic E-state index is 0.464. The molecule has 0 aliphatic heterocycles. The highest BCUT2D eigenvalue weighted by molar-refractivity contribution is 5.43. The highest BCUT2D eigenvalue weighted by atomic mass is 15.6. The predicted octanol–water partition coefficient (Wildman–Crippen LogP) is -0.131. The molecule has 0 unspecified atom stereocenters. The molecule has 7 heteroatoms. The molecule has 2 rings (SSSR count). The largest absolute Gasteiger partial charge is 0.357 e. The molecule has 0 fully saturated rings. The normalized spacial score (nSPS) is 10.1. The van der Waals surface area contributed by atoms with Crippen molar-refractivity contribution in [2.75, 3.05) is 18.5 Å². The van der Waals surface area contributed by atoms with Crippen LogP contribution in [0.4, 0.5) is 5.82 Å². The maximum atomic E-state index is 8.47. The number of hydrogen-bond acceptors (Lipinski definition) is 6. The van der Waals surface area contributed by atoms with E-state index < -0.39 is 0 Å². The van der Waals surface area contributed by atoms with Crippen LogP contribution in [-0.2, 0) is 0 Å². The number of anilines is 1. The second-order valence-electron chi connectivity index (χ2n) is 3.05. The molecule has 2 aromatic heterocycles. The maximum absolute atomic E-state index is 8.47. The quantitative estimate of drug-likeness (QED) is 0.691. The van der Waals surface area contributed by atoms with E-state index in [-0.39, 0.29) is 0 Å². The van der Waals surface area contributed by atoms with Crippen LogP contribution < -0.4 is 4.90 Å². The average Bonchev–Trinajstić information content (AvgIpc) is 2.72. The van der Waals surface area contributed by atoms with Crippen LogP contribution in [0, 0.1) is 11.3 Å². The Morgan fingerprint density at radius 1 is 1.53 bits per heavy atom. The Bertz CT molecular complexity index is 497. The van der Waals surface area contributed by atoms with E-state index in [1.54, 1.807) is 6.07 Å². The Hall–Kier alpha value is -2.23. The van der Waals surface area contributed by atoms with Gasteiger partial charge in [0.2, 0.25) is 0 Å². The topological polar surface area (TPSA) is 83.0 Å². The summed E-state index contributed by atoms with van der Waals surface area (Å²) in [6.07, 6.45) is 0.464. The van der Waals surface area contributed by atoms with Crippen molar-refractivity contribution in [3.05, 3.63) is 12.1 Å². The summed E-state index contributed by atoms with van der Waals surface area (Å²) in [5.41, 5.74) is 0.604. The van der Waals surface area contributed by atoms with Crippen molar-refractivity contribution in [3.63, 3.8) is 0 Å². The van der Waals surface area contributed by atoms with Gasteiger partial charge in [-0.3, -0.25) is 0 Å². The minimum Gasteiger partial charge on any atom is -0.357 e. The van der Waals surface area contributed by atoms with Gasteiger partial charge in [0.25, 0.3) is 0 Å². The van der Waals surface area contributed by atoms with Crippen molar-refractivity contribution in [1.29, 1.82) is 5.26 Å². The highest BCUT2D eigenvalue weighted by Crippen LogP contribution is 2.08. The first-order valence-electron chi connectivity index (χ1n) is 4.45. The van der Waals surface area contributed by atoms with Crippen LogP contribution in [-0.4, -0.2) is 38.8 Å². The van der Waals surface area contributed by atoms with E-state index in [4.69, 9.17) is 5.26 Å². The van der Waals surface area contributed by atoms with Gasteiger partial charge in [0.1, 0.15) is 0 Å². The molecule has 0 amide bonds. The van der Waals surface area contributed by atoms with Crippen molar-refractivity contribution in [3.8, 4) is 6.07 Å². The van der Waals surface area contributed by atoms with E-state index in [0.717, 1.165) is 5.82 Å². The van der Waals surface area contributed by atoms with Gasteiger partial charge in [-0.2, -0.15) is 5.26 Å². The fourth-order valence-electron chi connectivity index (χ4n) is 1.18. The first kappa shape index (κ1) is 9.33. The summed E-state index contributed by atoms with van der Waals surface area (Å²) < 4.78 is 1.36. The number of hydrogen-bond donors (Lipinski definition) is 0. The highest BCUT2D eigenvalue weighted by Gasteiger charge is 2.04. The molecule has 0 saturated heterocycles. The summed E-state index contributed by atoms with van der Waals surface area (Å²) in [6.45, 7) is 0.636. The van der Waals surface area contributed by atoms with Crippen molar-refractivity contribution in [1.82, 2.24) is 25.3 Å². The summed E-state index contributed by atoms with van der Waals surface area (Å²) in [7, 11) is 1.87. The van der Waals surface area contributed by atoms with Crippen LogP contribution in [0.25, 0.3) is 5.65 Å². The maximum Gasteiger partial charge on any atom is 0.200 e. The number of nitriles is 1. The Balaban J connectivity index is 2.24. The number of nitrogens with zero attached hydrogens (tertiary/aromatic N) is 7. The average molecular weight is 203 g/mol. The van der Waals surface area contributed by atoms with Crippen LogP contribution in [0.15, 0.2) is 12.1 Å². The number of tetrazole rings is 1. The second kappa shape index (κ2) is 3.88. The molecule has 76 valence electrons. The van der Waals surface area contributed by atoms with Crippen molar-refractivity contribution < 1.29 is 0 Å². The van der Waals surface area contributed by atoms with Crippen molar-refractivity contribution >= 4 is 11.5 Å². The van der Waals surface area contributed by atoms with Crippen molar-refractivity contribution in [2.45, 2.75) is 6.42 Å². The smallest absolute Gasteiger partial charge is 0.200 e.